The van der Waals surface area contributed by atoms with Crippen molar-refractivity contribution in [3.8, 4) is 23.8 Å². The molecule has 2 heterocycles. The third kappa shape index (κ3) is 5.55. The highest BCUT2D eigenvalue weighted by Crippen LogP contribution is 2.32. The molecule has 3 aromatic rings. The Morgan fingerprint density at radius 3 is 2.62 bits per heavy atom. The molecule has 0 aliphatic carbocycles. The molecule has 0 amide bonds. The van der Waals surface area contributed by atoms with Gasteiger partial charge in [0.15, 0.2) is 4.80 Å². The van der Waals surface area contributed by atoms with Crippen molar-refractivity contribution >= 4 is 39.3 Å². The molecule has 1 aliphatic heterocycles. The molecule has 0 saturated heterocycles. The second-order valence-corrected chi connectivity index (χ2v) is 9.90. The summed E-state index contributed by atoms with van der Waals surface area (Å²) >= 11 is 4.72. The second-order valence-electron chi connectivity index (χ2n) is 7.98. The molecule has 0 fully saturated rings. The molecule has 37 heavy (non-hydrogen) atoms. The number of nitrogens with zero attached hydrogens (tertiary/aromatic N) is 2. The number of carbonyl (C=O) groups is 1. The Morgan fingerprint density at radius 2 is 1.95 bits per heavy atom. The Kier molecular flexibility index (Phi) is 8.31. The van der Waals surface area contributed by atoms with Crippen LogP contribution in [0.4, 0.5) is 0 Å². The van der Waals surface area contributed by atoms with Crippen molar-refractivity contribution in [2.45, 2.75) is 26.8 Å². The summed E-state index contributed by atoms with van der Waals surface area (Å²) in [6.07, 6.45) is 7.11. The van der Waals surface area contributed by atoms with Gasteiger partial charge in [0.05, 0.1) is 35.1 Å². The highest BCUT2D eigenvalue weighted by atomic mass is 79.9. The topological polar surface area (TPSA) is 79.1 Å². The summed E-state index contributed by atoms with van der Waals surface area (Å²) in [6, 6.07) is 12.1. The van der Waals surface area contributed by atoms with Crippen LogP contribution in [0.5, 0.6) is 11.5 Å². The van der Waals surface area contributed by atoms with E-state index in [1.54, 1.807) is 30.6 Å². The lowest BCUT2D eigenvalue weighted by atomic mass is 9.96. The van der Waals surface area contributed by atoms with Crippen molar-refractivity contribution in [3.63, 3.8) is 0 Å². The van der Waals surface area contributed by atoms with E-state index in [9.17, 15) is 9.59 Å². The fourth-order valence-corrected chi connectivity index (χ4v) is 5.46. The minimum Gasteiger partial charge on any atom is -0.494 e. The lowest BCUT2D eigenvalue weighted by Gasteiger charge is -2.24. The van der Waals surface area contributed by atoms with Crippen molar-refractivity contribution in [1.29, 1.82) is 0 Å². The molecule has 0 saturated carbocycles. The molecule has 0 unspecified atom stereocenters. The Balaban J connectivity index is 1.91. The normalized spacial score (nSPS) is 15.0. The largest absolute Gasteiger partial charge is 0.494 e. The summed E-state index contributed by atoms with van der Waals surface area (Å²) in [5.74, 6) is 3.20. The predicted octanol–water partition coefficient (Wildman–Crippen LogP) is 3.97. The number of terminal acetylenes is 1. The van der Waals surface area contributed by atoms with Crippen LogP contribution in [0, 0.1) is 12.3 Å². The first-order valence-corrected chi connectivity index (χ1v) is 13.3. The quantitative estimate of drug-likeness (QED) is 0.297. The summed E-state index contributed by atoms with van der Waals surface area (Å²) in [5.41, 5.74) is 1.98. The van der Waals surface area contributed by atoms with E-state index >= 15 is 0 Å². The van der Waals surface area contributed by atoms with Crippen LogP contribution >= 0.6 is 27.3 Å². The molecule has 0 bridgehead atoms. The summed E-state index contributed by atoms with van der Waals surface area (Å²) in [5, 5.41) is 0. The van der Waals surface area contributed by atoms with Crippen molar-refractivity contribution in [1.82, 2.24) is 4.57 Å². The van der Waals surface area contributed by atoms with Crippen molar-refractivity contribution in [2.75, 3.05) is 19.8 Å². The zero-order chi connectivity index (χ0) is 26.5. The van der Waals surface area contributed by atoms with Crippen LogP contribution in [-0.2, 0) is 9.53 Å². The van der Waals surface area contributed by atoms with Crippen molar-refractivity contribution in [3.05, 3.63) is 89.0 Å². The Hall–Kier alpha value is -3.61. The number of allylic oxidation sites excluding steroid dienone is 1. The van der Waals surface area contributed by atoms with Crippen molar-refractivity contribution in [2.24, 2.45) is 4.99 Å². The van der Waals surface area contributed by atoms with Crippen LogP contribution in [0.1, 0.15) is 37.9 Å². The summed E-state index contributed by atoms with van der Waals surface area (Å²) in [4.78, 5) is 32.0. The number of thiazole rings is 1. The number of aromatic nitrogens is 1. The molecule has 1 aromatic heterocycles. The van der Waals surface area contributed by atoms with Gasteiger partial charge < -0.3 is 14.2 Å². The molecule has 7 nitrogen and oxygen atoms in total. The zero-order valence-corrected chi connectivity index (χ0v) is 23.0. The molecule has 0 N–H and O–H groups in total. The van der Waals surface area contributed by atoms with E-state index in [1.165, 1.54) is 11.3 Å². The van der Waals surface area contributed by atoms with E-state index in [2.05, 4.69) is 26.8 Å². The van der Waals surface area contributed by atoms with Crippen LogP contribution in [0.25, 0.3) is 6.08 Å². The second kappa shape index (κ2) is 11.6. The monoisotopic (exact) mass is 580 g/mol. The molecule has 2 aromatic carbocycles. The van der Waals surface area contributed by atoms with Gasteiger partial charge in [-0.15, -0.1) is 6.42 Å². The highest BCUT2D eigenvalue weighted by Gasteiger charge is 2.33. The number of halogens is 1. The lowest BCUT2D eigenvalue weighted by molar-refractivity contribution is -0.139. The smallest absolute Gasteiger partial charge is 0.338 e. The molecule has 1 aliphatic rings. The molecular weight excluding hydrogens is 556 g/mol. The van der Waals surface area contributed by atoms with E-state index < -0.39 is 12.0 Å². The van der Waals surface area contributed by atoms with E-state index in [0.717, 1.165) is 10.0 Å². The van der Waals surface area contributed by atoms with Gasteiger partial charge in [0.25, 0.3) is 5.56 Å². The number of ether oxygens (including phenoxy) is 3. The molecule has 190 valence electrons. The highest BCUT2D eigenvalue weighted by molar-refractivity contribution is 9.10. The number of rotatable bonds is 8. The minimum absolute atomic E-state index is 0.101. The number of hydrogen-bond donors (Lipinski definition) is 0. The van der Waals surface area contributed by atoms with Crippen LogP contribution in [0.2, 0.25) is 0 Å². The average molecular weight is 581 g/mol. The van der Waals surface area contributed by atoms with Gasteiger partial charge in [0.1, 0.15) is 18.1 Å². The van der Waals surface area contributed by atoms with E-state index in [4.69, 9.17) is 20.6 Å². The Morgan fingerprint density at radius 1 is 1.19 bits per heavy atom. The van der Waals surface area contributed by atoms with Gasteiger partial charge in [-0.2, -0.15) is 0 Å². The first-order valence-electron chi connectivity index (χ1n) is 11.7. The van der Waals surface area contributed by atoms with Gasteiger partial charge in [-0.05, 0) is 62.7 Å². The van der Waals surface area contributed by atoms with Crippen molar-refractivity contribution < 1.29 is 19.0 Å². The minimum atomic E-state index is -0.701. The maximum absolute atomic E-state index is 13.8. The maximum atomic E-state index is 13.8. The van der Waals surface area contributed by atoms with Gasteiger partial charge >= 0.3 is 5.97 Å². The molecule has 0 spiro atoms. The van der Waals surface area contributed by atoms with Gasteiger partial charge in [0.2, 0.25) is 0 Å². The number of benzene rings is 2. The van der Waals surface area contributed by atoms with E-state index in [1.807, 2.05) is 43.3 Å². The number of hydrogen-bond acceptors (Lipinski definition) is 7. The number of esters is 1. The van der Waals surface area contributed by atoms with Crippen LogP contribution in [0.15, 0.2) is 68.0 Å². The van der Waals surface area contributed by atoms with Gasteiger partial charge in [0, 0.05) is 10.0 Å². The van der Waals surface area contributed by atoms with Crippen LogP contribution < -0.4 is 24.4 Å². The number of fused-ring (bicyclic) bond motifs is 1. The summed E-state index contributed by atoms with van der Waals surface area (Å²) in [7, 11) is 0. The molecule has 0 radical (unpaired) electrons. The molecule has 9 heteroatoms. The van der Waals surface area contributed by atoms with Gasteiger partial charge in [-0.1, -0.05) is 45.3 Å². The average Bonchev–Trinajstić information content (AvgIpc) is 3.18. The predicted molar refractivity (Wildman–Crippen MR) is 146 cm³/mol. The fourth-order valence-electron chi connectivity index (χ4n) is 4.04. The van der Waals surface area contributed by atoms with Crippen LogP contribution in [-0.4, -0.2) is 30.4 Å². The lowest BCUT2D eigenvalue weighted by Crippen LogP contribution is -2.39. The SMILES string of the molecule is C#CCOc1ccc(Br)cc1/C=c1\sc2n(c1=O)[C@H](c1ccc(OCC)cc1)C(C(=O)OCC)=C(C)N=2. The van der Waals surface area contributed by atoms with Gasteiger partial charge in [-0.3, -0.25) is 9.36 Å². The van der Waals surface area contributed by atoms with E-state index in [-0.39, 0.29) is 18.8 Å². The first-order chi connectivity index (χ1) is 17.9. The summed E-state index contributed by atoms with van der Waals surface area (Å²) in [6.45, 7) is 6.25. The molecular formula is C28H25BrN2O5S. The van der Waals surface area contributed by atoms with Crippen LogP contribution in [0.3, 0.4) is 0 Å². The summed E-state index contributed by atoms with van der Waals surface area (Å²) < 4.78 is 19.4. The fraction of sp³-hybridized carbons (Fsp3) is 0.250. The zero-order valence-electron chi connectivity index (χ0n) is 20.6. The Bertz CT molecular complexity index is 1580. The standard InChI is InChI=1S/C28H25BrN2O5S/c1-5-14-36-22-13-10-20(29)15-19(22)16-23-26(32)31-25(18-8-11-21(12-9-18)34-6-2)24(27(33)35-7-3)17(4)30-28(31)37-23/h1,8-13,15-16,25H,6-7,14H2,2-4H3/b23-16-/t25-/m1/s1. The first kappa shape index (κ1) is 26.5. The Labute approximate surface area is 226 Å². The third-order valence-corrected chi connectivity index (χ3v) is 7.07. The van der Waals surface area contributed by atoms with E-state index in [0.29, 0.717) is 44.3 Å². The number of carbonyl (C=O) groups excluding carboxylic acids is 1. The molecule has 1 atom stereocenters. The third-order valence-electron chi connectivity index (χ3n) is 5.59. The van der Waals surface area contributed by atoms with Gasteiger partial charge in [-0.25, -0.2) is 9.79 Å². The maximum Gasteiger partial charge on any atom is 0.338 e. The molecule has 4 rings (SSSR count).